The van der Waals surface area contributed by atoms with E-state index in [1.807, 2.05) is 6.92 Å². The van der Waals surface area contributed by atoms with E-state index >= 15 is 0 Å². The quantitative estimate of drug-likeness (QED) is 0.884. The lowest BCUT2D eigenvalue weighted by atomic mass is 10.2. The monoisotopic (exact) mass is 263 g/mol. The SMILES string of the molecule is CC1CSC(c2ccccc2OC(F)(F)F)N1. The summed E-state index contributed by atoms with van der Waals surface area (Å²) in [5, 5.41) is 3.08. The fourth-order valence-corrected chi connectivity index (χ4v) is 2.97. The molecule has 0 aromatic heterocycles. The van der Waals surface area contributed by atoms with E-state index in [0.717, 1.165) is 5.75 Å². The molecule has 2 rings (SSSR count). The van der Waals surface area contributed by atoms with Crippen molar-refractivity contribution in [3.05, 3.63) is 29.8 Å². The molecule has 1 saturated heterocycles. The average Bonchev–Trinajstić information content (AvgIpc) is 2.63. The lowest BCUT2D eigenvalue weighted by Gasteiger charge is -2.17. The molecular formula is C11H12F3NOS. The Kier molecular flexibility index (Phi) is 3.53. The Morgan fingerprint density at radius 1 is 1.35 bits per heavy atom. The normalized spacial score (nSPS) is 24.9. The van der Waals surface area contributed by atoms with Crippen molar-refractivity contribution >= 4 is 11.8 Å². The zero-order chi connectivity index (χ0) is 12.5. The van der Waals surface area contributed by atoms with Crippen LogP contribution in [0, 0.1) is 0 Å². The molecule has 0 spiro atoms. The molecular weight excluding hydrogens is 251 g/mol. The minimum Gasteiger partial charge on any atom is -0.405 e. The van der Waals surface area contributed by atoms with Crippen LogP contribution < -0.4 is 10.1 Å². The largest absolute Gasteiger partial charge is 0.573 e. The maximum atomic E-state index is 12.2. The van der Waals surface area contributed by atoms with Crippen molar-refractivity contribution in [2.45, 2.75) is 24.7 Å². The number of alkyl halides is 3. The first-order valence-corrected chi connectivity index (χ1v) is 6.23. The number of para-hydroxylation sites is 1. The number of halogens is 3. The lowest BCUT2D eigenvalue weighted by molar-refractivity contribution is -0.274. The van der Waals surface area contributed by atoms with Gasteiger partial charge in [0, 0.05) is 17.4 Å². The topological polar surface area (TPSA) is 21.3 Å². The second-order valence-corrected chi connectivity index (χ2v) is 5.00. The minimum absolute atomic E-state index is 0.126. The van der Waals surface area contributed by atoms with Gasteiger partial charge in [-0.05, 0) is 13.0 Å². The van der Waals surface area contributed by atoms with E-state index in [1.165, 1.54) is 12.1 Å². The second kappa shape index (κ2) is 4.78. The highest BCUT2D eigenvalue weighted by atomic mass is 32.2. The first-order valence-electron chi connectivity index (χ1n) is 5.18. The van der Waals surface area contributed by atoms with Crippen LogP contribution in [0.1, 0.15) is 17.9 Å². The molecule has 0 amide bonds. The summed E-state index contributed by atoms with van der Waals surface area (Å²) < 4.78 is 40.7. The van der Waals surface area contributed by atoms with Crippen LogP contribution in [0.15, 0.2) is 24.3 Å². The van der Waals surface area contributed by atoms with E-state index in [4.69, 9.17) is 0 Å². The predicted molar refractivity (Wildman–Crippen MR) is 60.9 cm³/mol. The van der Waals surface area contributed by atoms with Crippen LogP contribution in [0.4, 0.5) is 13.2 Å². The molecule has 1 aliphatic rings. The van der Waals surface area contributed by atoms with Gasteiger partial charge in [0.25, 0.3) is 0 Å². The maximum absolute atomic E-state index is 12.2. The Bertz CT molecular complexity index is 397. The van der Waals surface area contributed by atoms with Crippen LogP contribution in [0.5, 0.6) is 5.75 Å². The van der Waals surface area contributed by atoms with Crippen molar-refractivity contribution in [2.75, 3.05) is 5.75 Å². The van der Waals surface area contributed by atoms with Crippen LogP contribution >= 0.6 is 11.8 Å². The molecule has 1 aliphatic heterocycles. The number of benzene rings is 1. The molecule has 17 heavy (non-hydrogen) atoms. The molecule has 0 radical (unpaired) electrons. The highest BCUT2D eigenvalue weighted by molar-refractivity contribution is 7.99. The number of rotatable bonds is 2. The van der Waals surface area contributed by atoms with Gasteiger partial charge in [-0.25, -0.2) is 0 Å². The van der Waals surface area contributed by atoms with Crippen LogP contribution in [0.2, 0.25) is 0 Å². The third-order valence-corrected chi connectivity index (χ3v) is 3.79. The first kappa shape index (κ1) is 12.6. The molecule has 0 aliphatic carbocycles. The Balaban J connectivity index is 2.22. The van der Waals surface area contributed by atoms with Crippen molar-refractivity contribution in [1.82, 2.24) is 5.32 Å². The summed E-state index contributed by atoms with van der Waals surface area (Å²) in [5.74, 6) is 0.754. The highest BCUT2D eigenvalue weighted by Crippen LogP contribution is 2.38. The molecule has 6 heteroatoms. The molecule has 1 aromatic rings. The highest BCUT2D eigenvalue weighted by Gasteiger charge is 2.34. The van der Waals surface area contributed by atoms with Gasteiger partial charge >= 0.3 is 6.36 Å². The Morgan fingerprint density at radius 2 is 2.06 bits per heavy atom. The van der Waals surface area contributed by atoms with E-state index in [-0.39, 0.29) is 11.1 Å². The summed E-state index contributed by atoms with van der Waals surface area (Å²) in [6.45, 7) is 2.00. The third-order valence-electron chi connectivity index (χ3n) is 2.38. The maximum Gasteiger partial charge on any atom is 0.573 e. The van der Waals surface area contributed by atoms with Gasteiger partial charge in [0.1, 0.15) is 5.75 Å². The summed E-state index contributed by atoms with van der Waals surface area (Å²) in [5.41, 5.74) is 0.541. The fourth-order valence-electron chi connectivity index (χ4n) is 1.69. The zero-order valence-corrected chi connectivity index (χ0v) is 9.94. The van der Waals surface area contributed by atoms with Crippen molar-refractivity contribution in [1.29, 1.82) is 0 Å². The summed E-state index contributed by atoms with van der Waals surface area (Å²) in [6, 6.07) is 6.54. The van der Waals surface area contributed by atoms with Gasteiger partial charge in [-0.2, -0.15) is 0 Å². The van der Waals surface area contributed by atoms with E-state index in [9.17, 15) is 13.2 Å². The Morgan fingerprint density at radius 3 is 2.65 bits per heavy atom. The summed E-state index contributed by atoms with van der Waals surface area (Å²) >= 11 is 1.59. The average molecular weight is 263 g/mol. The number of hydrogen-bond acceptors (Lipinski definition) is 3. The molecule has 2 atom stereocenters. The van der Waals surface area contributed by atoms with E-state index in [1.54, 1.807) is 23.9 Å². The Hall–Kier alpha value is -0.880. The smallest absolute Gasteiger partial charge is 0.405 e. The fraction of sp³-hybridized carbons (Fsp3) is 0.455. The standard InChI is InChI=1S/C11H12F3NOS/c1-7-6-17-10(15-7)8-4-2-3-5-9(8)16-11(12,13)14/h2-5,7,10,15H,6H2,1H3. The molecule has 1 N–H and O–H groups in total. The van der Waals surface area contributed by atoms with Gasteiger partial charge in [0.05, 0.1) is 5.37 Å². The van der Waals surface area contributed by atoms with Gasteiger partial charge < -0.3 is 4.74 Å². The number of nitrogens with one attached hydrogen (secondary N) is 1. The summed E-state index contributed by atoms with van der Waals surface area (Å²) in [4.78, 5) is 0. The van der Waals surface area contributed by atoms with E-state index in [2.05, 4.69) is 10.1 Å². The van der Waals surface area contributed by atoms with Gasteiger partial charge in [0.15, 0.2) is 0 Å². The summed E-state index contributed by atoms with van der Waals surface area (Å²) in [7, 11) is 0. The molecule has 1 aromatic carbocycles. The molecule has 94 valence electrons. The van der Waals surface area contributed by atoms with Crippen LogP contribution in [0.3, 0.4) is 0 Å². The van der Waals surface area contributed by atoms with Crippen LogP contribution in [0.25, 0.3) is 0 Å². The minimum atomic E-state index is -4.65. The predicted octanol–water partition coefficient (Wildman–Crippen LogP) is 3.31. The third kappa shape index (κ3) is 3.29. The lowest BCUT2D eigenvalue weighted by Crippen LogP contribution is -2.23. The zero-order valence-electron chi connectivity index (χ0n) is 9.12. The molecule has 1 heterocycles. The van der Waals surface area contributed by atoms with Gasteiger partial charge in [0.2, 0.25) is 0 Å². The molecule has 0 saturated carbocycles. The number of thioether (sulfide) groups is 1. The van der Waals surface area contributed by atoms with Crippen molar-refractivity contribution in [3.8, 4) is 5.75 Å². The first-order chi connectivity index (χ1) is 7.96. The molecule has 2 unspecified atom stereocenters. The van der Waals surface area contributed by atoms with Crippen molar-refractivity contribution in [2.24, 2.45) is 0 Å². The number of hydrogen-bond donors (Lipinski definition) is 1. The van der Waals surface area contributed by atoms with Gasteiger partial charge in [-0.1, -0.05) is 18.2 Å². The van der Waals surface area contributed by atoms with Crippen molar-refractivity contribution in [3.63, 3.8) is 0 Å². The molecule has 2 nitrogen and oxygen atoms in total. The second-order valence-electron chi connectivity index (χ2n) is 3.87. The van der Waals surface area contributed by atoms with Gasteiger partial charge in [-0.15, -0.1) is 24.9 Å². The Labute approximate surface area is 102 Å². The molecule has 1 fully saturated rings. The van der Waals surface area contributed by atoms with E-state index < -0.39 is 6.36 Å². The number of ether oxygens (including phenoxy) is 1. The van der Waals surface area contributed by atoms with Gasteiger partial charge in [-0.3, -0.25) is 5.32 Å². The van der Waals surface area contributed by atoms with Crippen molar-refractivity contribution < 1.29 is 17.9 Å². The van der Waals surface area contributed by atoms with Crippen LogP contribution in [-0.4, -0.2) is 18.2 Å². The van der Waals surface area contributed by atoms with E-state index in [0.29, 0.717) is 11.6 Å². The summed E-state index contributed by atoms with van der Waals surface area (Å²) in [6.07, 6.45) is -4.65. The van der Waals surface area contributed by atoms with Crippen LogP contribution in [-0.2, 0) is 0 Å². The molecule has 0 bridgehead atoms.